The highest BCUT2D eigenvalue weighted by Gasteiger charge is 2.31. The Morgan fingerprint density at radius 3 is 2.95 bits per heavy atom. The van der Waals surface area contributed by atoms with Crippen LogP contribution in [0.2, 0.25) is 0 Å². The molecule has 1 amide bonds. The first kappa shape index (κ1) is 12.5. The predicted octanol–water partition coefficient (Wildman–Crippen LogP) is 2.98. The summed E-state index contributed by atoms with van der Waals surface area (Å²) in [6.07, 6.45) is 7.54. The molecule has 2 aliphatic rings. The summed E-state index contributed by atoms with van der Waals surface area (Å²) >= 11 is 0. The van der Waals surface area contributed by atoms with E-state index in [0.717, 1.165) is 31.6 Å². The molecule has 1 saturated carbocycles. The van der Waals surface area contributed by atoms with Crippen LogP contribution in [0.1, 0.15) is 55.3 Å². The van der Waals surface area contributed by atoms with Crippen LogP contribution in [0.4, 0.5) is 0 Å². The summed E-state index contributed by atoms with van der Waals surface area (Å²) in [6.45, 7) is 5.78. The van der Waals surface area contributed by atoms with Crippen molar-refractivity contribution in [3.63, 3.8) is 0 Å². The third-order valence-electron chi connectivity index (χ3n) is 3.80. The number of rotatable bonds is 2. The molecular weight excluding hydrogens is 240 g/mol. The Bertz CT molecular complexity index is 512. The van der Waals surface area contributed by atoms with Crippen LogP contribution in [-0.2, 0) is 0 Å². The standard InChI is InChI=1S/C15H20N2O2/c1-15(2)7-3-4-8-17(10-15)14(18)12-9-13(19-16-12)11-5-6-11/h3-4,9,11H,5-8,10H2,1-2H3. The molecule has 0 N–H and O–H groups in total. The van der Waals surface area contributed by atoms with Crippen LogP contribution in [-0.4, -0.2) is 29.1 Å². The van der Waals surface area contributed by atoms with Crippen molar-refractivity contribution in [2.45, 2.75) is 39.0 Å². The zero-order valence-electron chi connectivity index (χ0n) is 11.6. The van der Waals surface area contributed by atoms with E-state index in [4.69, 9.17) is 4.52 Å². The molecule has 2 heterocycles. The second-order valence-corrected chi connectivity index (χ2v) is 6.41. The van der Waals surface area contributed by atoms with Gasteiger partial charge in [-0.1, -0.05) is 31.2 Å². The molecule has 19 heavy (non-hydrogen) atoms. The lowest BCUT2D eigenvalue weighted by Gasteiger charge is -2.28. The van der Waals surface area contributed by atoms with E-state index in [9.17, 15) is 4.79 Å². The SMILES string of the molecule is CC1(C)CC=CCN(C(=O)c2cc(C3CC3)on2)C1. The lowest BCUT2D eigenvalue weighted by atomic mass is 9.89. The molecule has 0 radical (unpaired) electrons. The number of aromatic nitrogens is 1. The Morgan fingerprint density at radius 1 is 1.42 bits per heavy atom. The first-order valence-corrected chi connectivity index (χ1v) is 6.96. The van der Waals surface area contributed by atoms with Crippen LogP contribution in [0.25, 0.3) is 0 Å². The molecule has 0 saturated heterocycles. The summed E-state index contributed by atoms with van der Waals surface area (Å²) in [4.78, 5) is 14.3. The average molecular weight is 260 g/mol. The van der Waals surface area contributed by atoms with Gasteiger partial charge in [-0.05, 0) is 24.7 Å². The Balaban J connectivity index is 1.76. The molecule has 1 aromatic heterocycles. The third-order valence-corrected chi connectivity index (χ3v) is 3.80. The largest absolute Gasteiger partial charge is 0.360 e. The summed E-state index contributed by atoms with van der Waals surface area (Å²) in [5, 5.41) is 3.94. The minimum Gasteiger partial charge on any atom is -0.360 e. The van der Waals surface area contributed by atoms with E-state index in [1.165, 1.54) is 0 Å². The van der Waals surface area contributed by atoms with E-state index < -0.39 is 0 Å². The summed E-state index contributed by atoms with van der Waals surface area (Å²) in [5.74, 6) is 1.35. The smallest absolute Gasteiger partial charge is 0.276 e. The van der Waals surface area contributed by atoms with Crippen molar-refractivity contribution in [3.05, 3.63) is 29.7 Å². The molecule has 0 aromatic carbocycles. The maximum Gasteiger partial charge on any atom is 0.276 e. The molecule has 1 fully saturated rings. The highest BCUT2D eigenvalue weighted by Crippen LogP contribution is 2.40. The van der Waals surface area contributed by atoms with Crippen molar-refractivity contribution in [1.82, 2.24) is 10.1 Å². The maximum atomic E-state index is 12.5. The van der Waals surface area contributed by atoms with Crippen molar-refractivity contribution in [1.29, 1.82) is 0 Å². The van der Waals surface area contributed by atoms with Gasteiger partial charge in [0.15, 0.2) is 5.69 Å². The van der Waals surface area contributed by atoms with Gasteiger partial charge in [-0.25, -0.2) is 0 Å². The zero-order valence-corrected chi connectivity index (χ0v) is 11.6. The van der Waals surface area contributed by atoms with Crippen molar-refractivity contribution in [2.24, 2.45) is 5.41 Å². The van der Waals surface area contributed by atoms with Gasteiger partial charge in [0.2, 0.25) is 0 Å². The third kappa shape index (κ3) is 2.72. The molecule has 1 aromatic rings. The van der Waals surface area contributed by atoms with Gasteiger partial charge in [0.25, 0.3) is 5.91 Å². The van der Waals surface area contributed by atoms with E-state index in [1.54, 1.807) is 0 Å². The lowest BCUT2D eigenvalue weighted by Crippen LogP contribution is -2.37. The normalized spacial score (nSPS) is 22.3. The van der Waals surface area contributed by atoms with Gasteiger partial charge >= 0.3 is 0 Å². The highest BCUT2D eigenvalue weighted by atomic mass is 16.5. The van der Waals surface area contributed by atoms with Crippen LogP contribution in [0.5, 0.6) is 0 Å². The minimum atomic E-state index is -0.0183. The second kappa shape index (κ2) is 4.51. The quantitative estimate of drug-likeness (QED) is 0.768. The van der Waals surface area contributed by atoms with E-state index in [0.29, 0.717) is 18.2 Å². The molecule has 1 aliphatic carbocycles. The molecule has 3 rings (SSSR count). The molecule has 4 nitrogen and oxygen atoms in total. The first-order chi connectivity index (χ1) is 9.05. The van der Waals surface area contributed by atoms with Gasteiger partial charge in [-0.15, -0.1) is 0 Å². The lowest BCUT2D eigenvalue weighted by molar-refractivity contribution is 0.0706. The topological polar surface area (TPSA) is 46.3 Å². The van der Waals surface area contributed by atoms with E-state index >= 15 is 0 Å². The summed E-state index contributed by atoms with van der Waals surface area (Å²) in [5.41, 5.74) is 0.569. The minimum absolute atomic E-state index is 0.0183. The van der Waals surface area contributed by atoms with Crippen LogP contribution in [0, 0.1) is 5.41 Å². The van der Waals surface area contributed by atoms with Crippen molar-refractivity contribution in [3.8, 4) is 0 Å². The molecule has 0 atom stereocenters. The van der Waals surface area contributed by atoms with Crippen LogP contribution < -0.4 is 0 Å². The van der Waals surface area contributed by atoms with Crippen LogP contribution >= 0.6 is 0 Å². The van der Waals surface area contributed by atoms with Gasteiger partial charge in [0.1, 0.15) is 5.76 Å². The zero-order chi connectivity index (χ0) is 13.5. The molecule has 0 unspecified atom stereocenters. The summed E-state index contributed by atoms with van der Waals surface area (Å²) < 4.78 is 5.27. The number of hydrogen-bond donors (Lipinski definition) is 0. The Kier molecular flexibility index (Phi) is 2.96. The van der Waals surface area contributed by atoms with E-state index in [2.05, 4.69) is 31.2 Å². The Labute approximate surface area is 113 Å². The number of allylic oxidation sites excluding steroid dienone is 1. The Hall–Kier alpha value is -1.58. The second-order valence-electron chi connectivity index (χ2n) is 6.41. The summed E-state index contributed by atoms with van der Waals surface area (Å²) in [7, 11) is 0. The Morgan fingerprint density at radius 2 is 2.21 bits per heavy atom. The van der Waals surface area contributed by atoms with Crippen LogP contribution in [0.15, 0.2) is 22.7 Å². The first-order valence-electron chi connectivity index (χ1n) is 6.96. The van der Waals surface area contributed by atoms with Crippen LogP contribution in [0.3, 0.4) is 0 Å². The maximum absolute atomic E-state index is 12.5. The average Bonchev–Trinajstić information content (AvgIpc) is 3.12. The number of amides is 1. The van der Waals surface area contributed by atoms with Gasteiger partial charge in [0.05, 0.1) is 0 Å². The number of hydrogen-bond acceptors (Lipinski definition) is 3. The predicted molar refractivity (Wildman–Crippen MR) is 71.9 cm³/mol. The molecule has 1 aliphatic heterocycles. The molecule has 0 bridgehead atoms. The van der Waals surface area contributed by atoms with E-state index in [-0.39, 0.29) is 11.3 Å². The van der Waals surface area contributed by atoms with Crippen molar-refractivity contribution < 1.29 is 9.32 Å². The fourth-order valence-corrected chi connectivity index (χ4v) is 2.52. The molecule has 0 spiro atoms. The van der Waals surface area contributed by atoms with Crippen molar-refractivity contribution in [2.75, 3.05) is 13.1 Å². The summed E-state index contributed by atoms with van der Waals surface area (Å²) in [6, 6.07) is 1.82. The van der Waals surface area contributed by atoms with E-state index in [1.807, 2.05) is 11.0 Å². The van der Waals surface area contributed by atoms with Crippen molar-refractivity contribution >= 4 is 5.91 Å². The molecular formula is C15H20N2O2. The fraction of sp³-hybridized carbons (Fsp3) is 0.600. The molecule has 102 valence electrons. The monoisotopic (exact) mass is 260 g/mol. The highest BCUT2D eigenvalue weighted by molar-refractivity contribution is 5.92. The van der Waals surface area contributed by atoms with Gasteiger partial charge in [0, 0.05) is 25.1 Å². The number of nitrogens with zero attached hydrogens (tertiary/aromatic N) is 2. The number of carbonyl (C=O) groups excluding carboxylic acids is 1. The number of carbonyl (C=O) groups is 1. The molecule has 4 heteroatoms. The van der Waals surface area contributed by atoms with Gasteiger partial charge in [-0.3, -0.25) is 4.79 Å². The fourth-order valence-electron chi connectivity index (χ4n) is 2.52. The van der Waals surface area contributed by atoms with Gasteiger partial charge < -0.3 is 9.42 Å². The van der Waals surface area contributed by atoms with Gasteiger partial charge in [-0.2, -0.15) is 0 Å².